The van der Waals surface area contributed by atoms with Crippen molar-refractivity contribution in [1.82, 2.24) is 15.1 Å². The van der Waals surface area contributed by atoms with Crippen molar-refractivity contribution >= 4 is 0 Å². The van der Waals surface area contributed by atoms with Crippen molar-refractivity contribution < 1.29 is 9.47 Å². The highest BCUT2D eigenvalue weighted by Gasteiger charge is 2.13. The van der Waals surface area contributed by atoms with Crippen LogP contribution in [0.1, 0.15) is 17.5 Å². The normalized spacial score (nSPS) is 14.0. The van der Waals surface area contributed by atoms with E-state index in [0.29, 0.717) is 0 Å². The number of aryl methyl sites for hydroxylation is 1. The van der Waals surface area contributed by atoms with E-state index in [9.17, 15) is 0 Å². The van der Waals surface area contributed by atoms with Crippen LogP contribution in [0.5, 0.6) is 11.5 Å². The van der Waals surface area contributed by atoms with Gasteiger partial charge >= 0.3 is 0 Å². The zero-order valence-electron chi connectivity index (χ0n) is 12.3. The molecule has 1 aliphatic heterocycles. The maximum Gasteiger partial charge on any atom is 0.165 e. The SMILES string of the molecule is Cc1cnn(CCNCc2cccc3c2OCCCO3)c1. The number of fused-ring (bicyclic) bond motifs is 1. The first-order valence-electron chi connectivity index (χ1n) is 7.40. The molecule has 5 heteroatoms. The van der Waals surface area contributed by atoms with E-state index in [4.69, 9.17) is 9.47 Å². The third-order valence-corrected chi connectivity index (χ3v) is 3.45. The van der Waals surface area contributed by atoms with Gasteiger partial charge in [0, 0.05) is 31.3 Å². The summed E-state index contributed by atoms with van der Waals surface area (Å²) in [6.07, 6.45) is 4.86. The largest absolute Gasteiger partial charge is 0.490 e. The smallest absolute Gasteiger partial charge is 0.165 e. The number of hydrogen-bond acceptors (Lipinski definition) is 4. The summed E-state index contributed by atoms with van der Waals surface area (Å²) in [5.41, 5.74) is 2.33. The Labute approximate surface area is 124 Å². The Hall–Kier alpha value is -2.01. The van der Waals surface area contributed by atoms with Gasteiger partial charge in [0.05, 0.1) is 26.0 Å². The van der Waals surface area contributed by atoms with Gasteiger partial charge in [-0.05, 0) is 18.6 Å². The Kier molecular flexibility index (Phi) is 4.40. The molecule has 5 nitrogen and oxygen atoms in total. The second-order valence-corrected chi connectivity index (χ2v) is 5.25. The number of hydrogen-bond donors (Lipinski definition) is 1. The topological polar surface area (TPSA) is 48.3 Å². The quantitative estimate of drug-likeness (QED) is 0.856. The van der Waals surface area contributed by atoms with E-state index in [0.717, 1.165) is 56.3 Å². The van der Waals surface area contributed by atoms with Crippen molar-refractivity contribution in [3.8, 4) is 11.5 Å². The molecule has 0 amide bonds. The number of nitrogens with one attached hydrogen (secondary N) is 1. The summed E-state index contributed by atoms with van der Waals surface area (Å²) >= 11 is 0. The molecule has 1 aromatic heterocycles. The number of ether oxygens (including phenoxy) is 2. The highest BCUT2D eigenvalue weighted by Crippen LogP contribution is 2.32. The maximum absolute atomic E-state index is 5.82. The number of benzene rings is 1. The van der Waals surface area contributed by atoms with E-state index in [1.54, 1.807) is 0 Å². The fraction of sp³-hybridized carbons (Fsp3) is 0.438. The molecule has 0 bridgehead atoms. The lowest BCUT2D eigenvalue weighted by atomic mass is 10.2. The van der Waals surface area contributed by atoms with Gasteiger partial charge in [-0.2, -0.15) is 5.10 Å². The van der Waals surface area contributed by atoms with Crippen LogP contribution in [0.15, 0.2) is 30.6 Å². The van der Waals surface area contributed by atoms with Crippen molar-refractivity contribution in [1.29, 1.82) is 0 Å². The summed E-state index contributed by atoms with van der Waals surface area (Å²) in [6.45, 7) is 5.99. The minimum atomic E-state index is 0.719. The third-order valence-electron chi connectivity index (χ3n) is 3.45. The number of nitrogens with zero attached hydrogens (tertiary/aromatic N) is 2. The fourth-order valence-electron chi connectivity index (χ4n) is 2.40. The van der Waals surface area contributed by atoms with Crippen molar-refractivity contribution in [2.24, 2.45) is 0 Å². The Morgan fingerprint density at radius 1 is 1.29 bits per heavy atom. The Morgan fingerprint density at radius 2 is 2.19 bits per heavy atom. The van der Waals surface area contributed by atoms with Crippen LogP contribution >= 0.6 is 0 Å². The lowest BCUT2D eigenvalue weighted by Crippen LogP contribution is -2.20. The molecule has 0 aliphatic carbocycles. The van der Waals surface area contributed by atoms with Crippen LogP contribution in [0, 0.1) is 6.92 Å². The summed E-state index contributed by atoms with van der Waals surface area (Å²) in [7, 11) is 0. The molecule has 3 rings (SSSR count). The van der Waals surface area contributed by atoms with E-state index < -0.39 is 0 Å². The van der Waals surface area contributed by atoms with E-state index >= 15 is 0 Å². The Balaban J connectivity index is 1.55. The highest BCUT2D eigenvalue weighted by atomic mass is 16.5. The average Bonchev–Trinajstić information content (AvgIpc) is 2.75. The van der Waals surface area contributed by atoms with Crippen molar-refractivity contribution in [3.05, 3.63) is 41.7 Å². The van der Waals surface area contributed by atoms with Crippen LogP contribution in [0.2, 0.25) is 0 Å². The van der Waals surface area contributed by atoms with Crippen LogP contribution < -0.4 is 14.8 Å². The van der Waals surface area contributed by atoms with Crippen LogP contribution in [-0.4, -0.2) is 29.5 Å². The van der Waals surface area contributed by atoms with Gasteiger partial charge in [0.25, 0.3) is 0 Å². The minimum absolute atomic E-state index is 0.719. The van der Waals surface area contributed by atoms with E-state index in [2.05, 4.69) is 16.5 Å². The molecule has 0 atom stereocenters. The standard InChI is InChI=1S/C16H21N3O2/c1-13-10-18-19(12-13)7-6-17-11-14-4-2-5-15-16(14)21-9-3-8-20-15/h2,4-5,10,12,17H,3,6-9,11H2,1H3. The van der Waals surface area contributed by atoms with Gasteiger partial charge in [0.15, 0.2) is 11.5 Å². The first kappa shape index (κ1) is 13.9. The van der Waals surface area contributed by atoms with Gasteiger partial charge < -0.3 is 14.8 Å². The van der Waals surface area contributed by atoms with Gasteiger partial charge in [0.2, 0.25) is 0 Å². The zero-order valence-corrected chi connectivity index (χ0v) is 12.3. The molecule has 112 valence electrons. The molecule has 1 aromatic carbocycles. The third kappa shape index (κ3) is 3.55. The first-order valence-corrected chi connectivity index (χ1v) is 7.40. The molecule has 2 aromatic rings. The fourth-order valence-corrected chi connectivity index (χ4v) is 2.40. The van der Waals surface area contributed by atoms with Gasteiger partial charge in [-0.1, -0.05) is 12.1 Å². The molecule has 0 spiro atoms. The molecular formula is C16H21N3O2. The summed E-state index contributed by atoms with van der Waals surface area (Å²) in [4.78, 5) is 0. The number of rotatable bonds is 5. The maximum atomic E-state index is 5.82. The Bertz CT molecular complexity index is 595. The van der Waals surface area contributed by atoms with E-state index in [1.165, 1.54) is 5.56 Å². The summed E-state index contributed by atoms with van der Waals surface area (Å²) in [5, 5.41) is 7.71. The molecule has 21 heavy (non-hydrogen) atoms. The summed E-state index contributed by atoms with van der Waals surface area (Å²) in [5.74, 6) is 1.74. The lowest BCUT2D eigenvalue weighted by Gasteiger charge is -2.13. The molecule has 1 N–H and O–H groups in total. The van der Waals surface area contributed by atoms with Crippen molar-refractivity contribution in [2.45, 2.75) is 26.4 Å². The molecule has 0 unspecified atom stereocenters. The first-order chi connectivity index (χ1) is 10.3. The average molecular weight is 287 g/mol. The zero-order chi connectivity index (χ0) is 14.5. The minimum Gasteiger partial charge on any atom is -0.490 e. The van der Waals surface area contributed by atoms with Crippen LogP contribution in [0.25, 0.3) is 0 Å². The molecule has 0 saturated carbocycles. The Morgan fingerprint density at radius 3 is 3.05 bits per heavy atom. The summed E-state index contributed by atoms with van der Waals surface area (Å²) < 4.78 is 13.5. The van der Waals surface area contributed by atoms with Gasteiger partial charge in [-0.25, -0.2) is 0 Å². The molecule has 0 radical (unpaired) electrons. The molecule has 0 saturated heterocycles. The van der Waals surface area contributed by atoms with E-state index in [1.807, 2.05) is 36.1 Å². The summed E-state index contributed by atoms with van der Waals surface area (Å²) in [6, 6.07) is 6.07. The van der Waals surface area contributed by atoms with Gasteiger partial charge in [-0.15, -0.1) is 0 Å². The molecule has 1 aliphatic rings. The lowest BCUT2D eigenvalue weighted by molar-refractivity contribution is 0.296. The predicted octanol–water partition coefficient (Wildman–Crippen LogP) is 2.14. The monoisotopic (exact) mass is 287 g/mol. The van der Waals surface area contributed by atoms with Gasteiger partial charge in [0.1, 0.15) is 0 Å². The molecule has 0 fully saturated rings. The van der Waals surface area contributed by atoms with Crippen molar-refractivity contribution in [3.63, 3.8) is 0 Å². The van der Waals surface area contributed by atoms with E-state index in [-0.39, 0.29) is 0 Å². The van der Waals surface area contributed by atoms with Gasteiger partial charge in [-0.3, -0.25) is 4.68 Å². The number of para-hydroxylation sites is 1. The molecular weight excluding hydrogens is 266 g/mol. The van der Waals surface area contributed by atoms with Crippen LogP contribution in [-0.2, 0) is 13.1 Å². The molecule has 2 heterocycles. The predicted molar refractivity (Wildman–Crippen MR) is 80.7 cm³/mol. The number of aromatic nitrogens is 2. The van der Waals surface area contributed by atoms with Crippen molar-refractivity contribution in [2.75, 3.05) is 19.8 Å². The second-order valence-electron chi connectivity index (χ2n) is 5.25. The van der Waals surface area contributed by atoms with Crippen LogP contribution in [0.4, 0.5) is 0 Å². The van der Waals surface area contributed by atoms with Crippen LogP contribution in [0.3, 0.4) is 0 Å². The second kappa shape index (κ2) is 6.63. The highest BCUT2D eigenvalue weighted by molar-refractivity contribution is 5.47.